The summed E-state index contributed by atoms with van der Waals surface area (Å²) in [4.78, 5) is 24.9. The van der Waals surface area contributed by atoms with Crippen LogP contribution >= 0.6 is 0 Å². The average molecular weight is 449 g/mol. The maximum absolute atomic E-state index is 13.2. The van der Waals surface area contributed by atoms with Crippen LogP contribution in [0.5, 0.6) is 0 Å². The zero-order valence-electron chi connectivity index (χ0n) is 20.0. The second-order valence-corrected chi connectivity index (χ2v) is 10.3. The fourth-order valence-electron chi connectivity index (χ4n) is 5.66. The number of aliphatic hydroxyl groups excluding tert-OH is 2. The van der Waals surface area contributed by atoms with Gasteiger partial charge in [0.05, 0.1) is 24.0 Å². The summed E-state index contributed by atoms with van der Waals surface area (Å²) in [5, 5.41) is 20.4. The molecule has 2 aliphatic carbocycles. The number of hydrogen-bond donors (Lipinski definition) is 2. The lowest BCUT2D eigenvalue weighted by molar-refractivity contribution is -0.168. The molecule has 1 aliphatic heterocycles. The molecule has 0 radical (unpaired) electrons. The van der Waals surface area contributed by atoms with Gasteiger partial charge in [0.25, 0.3) is 0 Å². The van der Waals surface area contributed by atoms with Gasteiger partial charge in [-0.2, -0.15) is 0 Å². The van der Waals surface area contributed by atoms with Gasteiger partial charge in [0.2, 0.25) is 0 Å². The third kappa shape index (κ3) is 5.63. The van der Waals surface area contributed by atoms with Crippen LogP contribution in [-0.4, -0.2) is 46.6 Å². The van der Waals surface area contributed by atoms with Gasteiger partial charge in [-0.15, -0.1) is 0 Å². The molecule has 1 saturated heterocycles. The Morgan fingerprint density at radius 1 is 1.25 bits per heavy atom. The number of ether oxygens (including phenoxy) is 2. The highest BCUT2D eigenvalue weighted by atomic mass is 16.6. The van der Waals surface area contributed by atoms with E-state index in [1.54, 1.807) is 0 Å². The van der Waals surface area contributed by atoms with Crippen molar-refractivity contribution in [3.05, 3.63) is 23.8 Å². The van der Waals surface area contributed by atoms with E-state index in [1.165, 1.54) is 0 Å². The van der Waals surface area contributed by atoms with E-state index in [9.17, 15) is 19.8 Å². The minimum atomic E-state index is -0.635. The van der Waals surface area contributed by atoms with Crippen LogP contribution in [0.3, 0.4) is 0 Å². The first-order valence-electron chi connectivity index (χ1n) is 12.3. The highest BCUT2D eigenvalue weighted by Crippen LogP contribution is 2.45. The zero-order valence-corrected chi connectivity index (χ0v) is 20.0. The third-order valence-corrected chi connectivity index (χ3v) is 7.76. The molecule has 1 fully saturated rings. The number of hydrogen-bond acceptors (Lipinski definition) is 6. The second-order valence-electron chi connectivity index (χ2n) is 10.3. The molecule has 1 heterocycles. The topological polar surface area (TPSA) is 93.1 Å². The van der Waals surface area contributed by atoms with Crippen molar-refractivity contribution in [1.29, 1.82) is 0 Å². The van der Waals surface area contributed by atoms with Gasteiger partial charge in [-0.05, 0) is 50.0 Å². The summed E-state index contributed by atoms with van der Waals surface area (Å²) in [6, 6.07) is 0. The third-order valence-electron chi connectivity index (χ3n) is 7.76. The van der Waals surface area contributed by atoms with Crippen molar-refractivity contribution in [2.24, 2.45) is 23.2 Å². The average Bonchev–Trinajstić information content (AvgIpc) is 2.72. The Bertz CT molecular complexity index is 743. The molecular weight excluding hydrogens is 408 g/mol. The van der Waals surface area contributed by atoms with E-state index in [-0.39, 0.29) is 48.3 Å². The minimum absolute atomic E-state index is 0.00861. The predicted molar refractivity (Wildman–Crippen MR) is 122 cm³/mol. The van der Waals surface area contributed by atoms with Crippen LogP contribution in [0.2, 0.25) is 0 Å². The minimum Gasteiger partial charge on any atom is -0.462 e. The Morgan fingerprint density at radius 2 is 2.00 bits per heavy atom. The molecule has 6 heteroatoms. The number of esters is 2. The molecule has 3 aliphatic rings. The summed E-state index contributed by atoms with van der Waals surface area (Å²) in [6.45, 7) is 8.23. The number of cyclic esters (lactones) is 1. The lowest BCUT2D eigenvalue weighted by Crippen LogP contribution is -2.44. The van der Waals surface area contributed by atoms with E-state index < -0.39 is 17.6 Å². The molecule has 0 aromatic rings. The number of rotatable bonds is 8. The molecule has 2 N–H and O–H groups in total. The zero-order chi connectivity index (χ0) is 23.5. The molecule has 0 aromatic heterocycles. The quantitative estimate of drug-likeness (QED) is 0.543. The standard InChI is InChI=1S/C26H40O6/c1-5-11-26(4,6-2)25(30)32-22-14-18(27)12-17-8-7-16(3)21(24(17)22)10-9-20-13-19(28)15-23(29)31-20/h7-8,12,16,18-22,24,27-28H,5-6,9-11,13-15H2,1-4H3/t16-,18+,19+,20+,21-,22-,24-,26-/m0/s1. The SMILES string of the molecule is CCC[C@](C)(CC)C(=O)O[C@H]1C[C@H](O)C=C2C=C[C@H](C)[C@H](CC[C@@H]3C[C@@H](O)CC(=O)O3)[C@H]21. The molecule has 0 aromatic carbocycles. The lowest BCUT2D eigenvalue weighted by atomic mass is 9.66. The first-order valence-corrected chi connectivity index (χ1v) is 12.3. The Kier molecular flexibility index (Phi) is 8.21. The van der Waals surface area contributed by atoms with E-state index in [1.807, 2.05) is 19.9 Å². The van der Waals surface area contributed by atoms with Crippen LogP contribution < -0.4 is 0 Å². The van der Waals surface area contributed by atoms with Gasteiger partial charge in [0, 0.05) is 18.8 Å². The van der Waals surface area contributed by atoms with E-state index >= 15 is 0 Å². The maximum Gasteiger partial charge on any atom is 0.312 e. The van der Waals surface area contributed by atoms with Gasteiger partial charge in [0.15, 0.2) is 0 Å². The molecule has 0 amide bonds. The number of allylic oxidation sites excluding steroid dienone is 2. The molecule has 8 atom stereocenters. The van der Waals surface area contributed by atoms with Crippen LogP contribution in [0, 0.1) is 23.2 Å². The molecule has 3 rings (SSSR count). The summed E-state index contributed by atoms with van der Waals surface area (Å²) in [7, 11) is 0. The Morgan fingerprint density at radius 3 is 2.66 bits per heavy atom. The summed E-state index contributed by atoms with van der Waals surface area (Å²) in [5.41, 5.74) is 0.512. The maximum atomic E-state index is 13.2. The fraction of sp³-hybridized carbons (Fsp3) is 0.769. The van der Waals surface area contributed by atoms with E-state index in [0.717, 1.165) is 31.3 Å². The van der Waals surface area contributed by atoms with Crippen LogP contribution in [0.4, 0.5) is 0 Å². The summed E-state index contributed by atoms with van der Waals surface area (Å²) in [6.07, 6.45) is 8.99. The van der Waals surface area contributed by atoms with Crippen LogP contribution in [0.25, 0.3) is 0 Å². The monoisotopic (exact) mass is 448 g/mol. The van der Waals surface area contributed by atoms with Gasteiger partial charge in [-0.1, -0.05) is 45.4 Å². The lowest BCUT2D eigenvalue weighted by Gasteiger charge is -2.44. The highest BCUT2D eigenvalue weighted by molar-refractivity contribution is 5.76. The fourth-order valence-corrected chi connectivity index (χ4v) is 5.66. The molecule has 0 unspecified atom stereocenters. The van der Waals surface area contributed by atoms with E-state index in [4.69, 9.17) is 9.47 Å². The summed E-state index contributed by atoms with van der Waals surface area (Å²) < 4.78 is 11.6. The van der Waals surface area contributed by atoms with Crippen LogP contribution in [0.15, 0.2) is 23.8 Å². The van der Waals surface area contributed by atoms with E-state index in [0.29, 0.717) is 19.3 Å². The van der Waals surface area contributed by atoms with Crippen molar-refractivity contribution in [1.82, 2.24) is 0 Å². The normalized spacial score (nSPS) is 36.5. The van der Waals surface area contributed by atoms with Crippen molar-refractivity contribution in [2.45, 2.75) is 103 Å². The van der Waals surface area contributed by atoms with Crippen molar-refractivity contribution in [2.75, 3.05) is 0 Å². The molecule has 180 valence electrons. The highest BCUT2D eigenvalue weighted by Gasteiger charge is 2.44. The van der Waals surface area contributed by atoms with Crippen LogP contribution in [-0.2, 0) is 19.1 Å². The number of fused-ring (bicyclic) bond motifs is 1. The first kappa shape index (κ1) is 25.0. The van der Waals surface area contributed by atoms with Gasteiger partial charge in [-0.25, -0.2) is 0 Å². The largest absolute Gasteiger partial charge is 0.462 e. The molecule has 0 bridgehead atoms. The van der Waals surface area contributed by atoms with E-state index in [2.05, 4.69) is 26.0 Å². The summed E-state index contributed by atoms with van der Waals surface area (Å²) >= 11 is 0. The van der Waals surface area contributed by atoms with Gasteiger partial charge >= 0.3 is 11.9 Å². The van der Waals surface area contributed by atoms with Crippen molar-refractivity contribution in [3.8, 4) is 0 Å². The van der Waals surface area contributed by atoms with Crippen LogP contribution in [0.1, 0.15) is 79.1 Å². The van der Waals surface area contributed by atoms with Gasteiger partial charge in [-0.3, -0.25) is 9.59 Å². The Balaban J connectivity index is 1.77. The molecular formula is C26H40O6. The molecule has 0 spiro atoms. The number of carbonyl (C=O) groups is 2. The smallest absolute Gasteiger partial charge is 0.312 e. The summed E-state index contributed by atoms with van der Waals surface area (Å²) in [5.74, 6) is -0.0347. The van der Waals surface area contributed by atoms with Crippen molar-refractivity contribution < 1.29 is 29.3 Å². The number of carbonyl (C=O) groups excluding carboxylic acids is 2. The molecule has 0 saturated carbocycles. The predicted octanol–water partition coefficient (Wildman–Crippen LogP) is 4.09. The molecule has 6 nitrogen and oxygen atoms in total. The Labute approximate surface area is 192 Å². The van der Waals surface area contributed by atoms with Gasteiger partial charge in [0.1, 0.15) is 12.2 Å². The Hall–Kier alpha value is -1.66. The van der Waals surface area contributed by atoms with Crippen molar-refractivity contribution in [3.63, 3.8) is 0 Å². The van der Waals surface area contributed by atoms with Crippen molar-refractivity contribution >= 4 is 11.9 Å². The molecule has 32 heavy (non-hydrogen) atoms. The van der Waals surface area contributed by atoms with Gasteiger partial charge < -0.3 is 19.7 Å². The second kappa shape index (κ2) is 10.5. The number of aliphatic hydroxyl groups is 2. The first-order chi connectivity index (χ1) is 15.2.